The van der Waals surface area contributed by atoms with Crippen LogP contribution in [0.4, 0.5) is 0 Å². The first-order valence-electron chi connectivity index (χ1n) is 5.83. The summed E-state index contributed by atoms with van der Waals surface area (Å²) in [5.74, 6) is 0.0167. The highest BCUT2D eigenvalue weighted by Gasteiger charge is 2.11. The fraction of sp³-hybridized carbons (Fsp3) is 0.133. The van der Waals surface area contributed by atoms with Crippen molar-refractivity contribution in [3.63, 3.8) is 0 Å². The number of hydrogen-bond acceptors (Lipinski definition) is 2. The number of aromatic hydroxyl groups is 1. The topological polar surface area (TPSA) is 37.3 Å². The van der Waals surface area contributed by atoms with Gasteiger partial charge < -0.3 is 5.11 Å². The van der Waals surface area contributed by atoms with Gasteiger partial charge >= 0.3 is 0 Å². The second-order valence-electron chi connectivity index (χ2n) is 4.18. The van der Waals surface area contributed by atoms with Crippen molar-refractivity contribution in [2.75, 3.05) is 0 Å². The fourth-order valence-corrected chi connectivity index (χ4v) is 2.36. The SMILES string of the molecule is O=C(CCc1cc(Cl)cc(Cl)c1O)c1ccccc1. The Morgan fingerprint density at radius 3 is 2.47 bits per heavy atom. The van der Waals surface area contributed by atoms with Crippen LogP contribution >= 0.6 is 23.2 Å². The van der Waals surface area contributed by atoms with Gasteiger partial charge in [0.05, 0.1) is 5.02 Å². The van der Waals surface area contributed by atoms with Crippen molar-refractivity contribution in [3.8, 4) is 5.75 Å². The molecular formula is C15H12Cl2O2. The number of hydrogen-bond donors (Lipinski definition) is 1. The van der Waals surface area contributed by atoms with Gasteiger partial charge in [-0.2, -0.15) is 0 Å². The van der Waals surface area contributed by atoms with Crippen LogP contribution in [-0.4, -0.2) is 10.9 Å². The van der Waals surface area contributed by atoms with Crippen LogP contribution in [0.5, 0.6) is 5.75 Å². The van der Waals surface area contributed by atoms with Crippen LogP contribution in [0.3, 0.4) is 0 Å². The number of rotatable bonds is 4. The highest BCUT2D eigenvalue weighted by Crippen LogP contribution is 2.32. The van der Waals surface area contributed by atoms with Crippen LogP contribution in [0.2, 0.25) is 10.0 Å². The third kappa shape index (κ3) is 3.49. The molecule has 4 heteroatoms. The summed E-state index contributed by atoms with van der Waals surface area (Å²) in [6, 6.07) is 12.1. The molecule has 0 aliphatic carbocycles. The van der Waals surface area contributed by atoms with Crippen molar-refractivity contribution in [2.45, 2.75) is 12.8 Å². The summed E-state index contributed by atoms with van der Waals surface area (Å²) in [6.07, 6.45) is 0.702. The minimum atomic E-state index is -0.00747. The summed E-state index contributed by atoms with van der Waals surface area (Å²) in [7, 11) is 0. The molecule has 0 saturated heterocycles. The van der Waals surface area contributed by atoms with E-state index in [1.807, 2.05) is 18.2 Å². The van der Waals surface area contributed by atoms with Crippen LogP contribution in [0, 0.1) is 0 Å². The number of aryl methyl sites for hydroxylation is 1. The Balaban J connectivity index is 2.09. The molecule has 2 aromatic carbocycles. The van der Waals surface area contributed by atoms with E-state index in [0.29, 0.717) is 29.0 Å². The van der Waals surface area contributed by atoms with Crippen molar-refractivity contribution in [1.29, 1.82) is 0 Å². The molecule has 0 fully saturated rings. The van der Waals surface area contributed by atoms with Gasteiger partial charge in [-0.05, 0) is 24.1 Å². The second-order valence-corrected chi connectivity index (χ2v) is 5.03. The van der Waals surface area contributed by atoms with Gasteiger partial charge in [0.1, 0.15) is 5.75 Å². The first-order chi connectivity index (χ1) is 9.08. The van der Waals surface area contributed by atoms with Crippen molar-refractivity contribution in [3.05, 3.63) is 63.6 Å². The molecule has 2 aromatic rings. The molecule has 0 amide bonds. The number of Topliss-reactive ketones (excluding diaryl/α,β-unsaturated/α-hetero) is 1. The molecule has 0 radical (unpaired) electrons. The number of phenolic OH excluding ortho intramolecular Hbond substituents is 1. The summed E-state index contributed by atoms with van der Waals surface area (Å²) >= 11 is 11.7. The number of carbonyl (C=O) groups excluding carboxylic acids is 1. The molecule has 0 aliphatic heterocycles. The minimum absolute atomic E-state index is 0.00747. The molecule has 98 valence electrons. The normalized spacial score (nSPS) is 10.4. The molecule has 2 nitrogen and oxygen atoms in total. The standard InChI is InChI=1S/C15H12Cl2O2/c16-12-8-11(15(19)13(17)9-12)6-7-14(18)10-4-2-1-3-5-10/h1-5,8-9,19H,6-7H2. The molecule has 0 aliphatic rings. The molecule has 2 rings (SSSR count). The number of phenols is 1. The molecule has 0 bridgehead atoms. The van der Waals surface area contributed by atoms with E-state index in [1.54, 1.807) is 18.2 Å². The van der Waals surface area contributed by atoms with Gasteiger partial charge in [-0.3, -0.25) is 4.79 Å². The lowest BCUT2D eigenvalue weighted by molar-refractivity contribution is 0.0983. The molecular weight excluding hydrogens is 283 g/mol. The quantitative estimate of drug-likeness (QED) is 0.842. The van der Waals surface area contributed by atoms with Gasteiger partial charge in [-0.1, -0.05) is 53.5 Å². The van der Waals surface area contributed by atoms with Gasteiger partial charge in [-0.15, -0.1) is 0 Å². The average Bonchev–Trinajstić information content (AvgIpc) is 2.41. The number of carbonyl (C=O) groups is 1. The Hall–Kier alpha value is -1.51. The largest absolute Gasteiger partial charge is 0.506 e. The lowest BCUT2D eigenvalue weighted by Gasteiger charge is -2.07. The van der Waals surface area contributed by atoms with Crippen molar-refractivity contribution >= 4 is 29.0 Å². The predicted octanol–water partition coefficient (Wildman–Crippen LogP) is 4.51. The smallest absolute Gasteiger partial charge is 0.163 e. The van der Waals surface area contributed by atoms with E-state index in [-0.39, 0.29) is 16.6 Å². The average molecular weight is 295 g/mol. The Kier molecular flexibility index (Phi) is 4.46. The lowest BCUT2D eigenvalue weighted by Crippen LogP contribution is -2.01. The first kappa shape index (κ1) is 13.9. The zero-order valence-electron chi connectivity index (χ0n) is 10.1. The molecule has 19 heavy (non-hydrogen) atoms. The summed E-state index contributed by atoms with van der Waals surface area (Å²) in [5, 5.41) is 10.5. The maximum Gasteiger partial charge on any atom is 0.163 e. The molecule has 0 spiro atoms. The van der Waals surface area contributed by atoms with Crippen LogP contribution in [0.15, 0.2) is 42.5 Å². The monoisotopic (exact) mass is 294 g/mol. The third-order valence-electron chi connectivity index (χ3n) is 2.82. The van der Waals surface area contributed by atoms with Crippen LogP contribution in [-0.2, 0) is 6.42 Å². The maximum atomic E-state index is 12.0. The molecule has 0 saturated carbocycles. The van der Waals surface area contributed by atoms with E-state index in [1.165, 1.54) is 6.07 Å². The zero-order valence-corrected chi connectivity index (χ0v) is 11.6. The minimum Gasteiger partial charge on any atom is -0.506 e. The highest BCUT2D eigenvalue weighted by atomic mass is 35.5. The molecule has 0 heterocycles. The van der Waals surface area contributed by atoms with Gasteiger partial charge in [0, 0.05) is 17.0 Å². The van der Waals surface area contributed by atoms with Gasteiger partial charge in [0.15, 0.2) is 5.78 Å². The molecule has 0 aromatic heterocycles. The van der Waals surface area contributed by atoms with Crippen molar-refractivity contribution in [2.24, 2.45) is 0 Å². The van der Waals surface area contributed by atoms with Crippen LogP contribution < -0.4 is 0 Å². The molecule has 0 atom stereocenters. The zero-order chi connectivity index (χ0) is 13.8. The second kappa shape index (κ2) is 6.09. The van der Waals surface area contributed by atoms with Gasteiger partial charge in [0.25, 0.3) is 0 Å². The fourth-order valence-electron chi connectivity index (χ4n) is 1.83. The number of ketones is 1. The van der Waals surface area contributed by atoms with Gasteiger partial charge in [-0.25, -0.2) is 0 Å². The van der Waals surface area contributed by atoms with E-state index in [2.05, 4.69) is 0 Å². The van der Waals surface area contributed by atoms with Crippen molar-refractivity contribution in [1.82, 2.24) is 0 Å². The van der Waals surface area contributed by atoms with Crippen LogP contribution in [0.25, 0.3) is 0 Å². The lowest BCUT2D eigenvalue weighted by atomic mass is 10.0. The number of benzene rings is 2. The highest BCUT2D eigenvalue weighted by molar-refractivity contribution is 6.35. The predicted molar refractivity (Wildman–Crippen MR) is 77.2 cm³/mol. The summed E-state index contributed by atoms with van der Waals surface area (Å²) < 4.78 is 0. The Labute approximate surface area is 121 Å². The molecule has 0 unspecified atom stereocenters. The first-order valence-corrected chi connectivity index (χ1v) is 6.58. The van der Waals surface area contributed by atoms with E-state index in [4.69, 9.17) is 23.2 Å². The summed E-state index contributed by atoms with van der Waals surface area (Å²) in [6.45, 7) is 0. The number of halogens is 2. The Morgan fingerprint density at radius 2 is 1.79 bits per heavy atom. The van der Waals surface area contributed by atoms with E-state index >= 15 is 0 Å². The van der Waals surface area contributed by atoms with E-state index in [9.17, 15) is 9.90 Å². The summed E-state index contributed by atoms with van der Waals surface area (Å²) in [4.78, 5) is 12.0. The third-order valence-corrected chi connectivity index (χ3v) is 3.33. The van der Waals surface area contributed by atoms with E-state index in [0.717, 1.165) is 0 Å². The summed E-state index contributed by atoms with van der Waals surface area (Å²) in [5.41, 5.74) is 1.25. The van der Waals surface area contributed by atoms with Crippen LogP contribution in [0.1, 0.15) is 22.3 Å². The van der Waals surface area contributed by atoms with Crippen molar-refractivity contribution < 1.29 is 9.90 Å². The Bertz CT molecular complexity index is 595. The molecule has 1 N–H and O–H groups in total. The van der Waals surface area contributed by atoms with Gasteiger partial charge in [0.2, 0.25) is 0 Å². The Morgan fingerprint density at radius 1 is 1.11 bits per heavy atom. The van der Waals surface area contributed by atoms with E-state index < -0.39 is 0 Å². The maximum absolute atomic E-state index is 12.0.